The first-order valence-corrected chi connectivity index (χ1v) is 10.7. The fraction of sp³-hybridized carbons (Fsp3) is 0.0800. The number of nitrogens with one attached hydrogen (secondary N) is 1. The molecule has 0 unspecified atom stereocenters. The summed E-state index contributed by atoms with van der Waals surface area (Å²) in [5.74, 6) is -0.343. The average Bonchev–Trinajstić information content (AvgIpc) is 2.78. The molecule has 160 valence electrons. The van der Waals surface area contributed by atoms with Gasteiger partial charge in [0, 0.05) is 5.02 Å². The van der Waals surface area contributed by atoms with Crippen molar-refractivity contribution in [3.05, 3.63) is 100 Å². The fourth-order valence-corrected chi connectivity index (χ4v) is 3.65. The Hall–Kier alpha value is -3.48. The largest absolute Gasteiger partial charge is 0.489 e. The van der Waals surface area contributed by atoms with Gasteiger partial charge in [0.2, 0.25) is 0 Å². The van der Waals surface area contributed by atoms with Crippen molar-refractivity contribution in [3.63, 3.8) is 0 Å². The standard InChI is InChI=1S/C25H19ClN2O3S/c1-16-4-2-3-5-18(16)15-31-21-12-6-17(7-13-21)14-22-23(29)27-25(32)28(24(22)30)20-10-8-19(26)9-11-20/h2-14H,15H2,1H3,(H,27,29,32)/b22-14-. The number of amides is 2. The number of hydrogen-bond donors (Lipinski definition) is 1. The smallest absolute Gasteiger partial charge is 0.270 e. The van der Waals surface area contributed by atoms with E-state index in [4.69, 9.17) is 28.6 Å². The molecule has 1 saturated heterocycles. The molecule has 0 aliphatic carbocycles. The van der Waals surface area contributed by atoms with Gasteiger partial charge in [0.05, 0.1) is 5.69 Å². The predicted molar refractivity (Wildman–Crippen MR) is 130 cm³/mol. The lowest BCUT2D eigenvalue weighted by atomic mass is 10.1. The molecule has 7 heteroatoms. The molecule has 2 amide bonds. The van der Waals surface area contributed by atoms with Crippen LogP contribution < -0.4 is 15.0 Å². The van der Waals surface area contributed by atoms with Crippen molar-refractivity contribution in [1.29, 1.82) is 0 Å². The molecule has 0 radical (unpaired) electrons. The van der Waals surface area contributed by atoms with Crippen LogP contribution in [0.2, 0.25) is 5.02 Å². The van der Waals surface area contributed by atoms with E-state index in [1.165, 1.54) is 16.5 Å². The minimum atomic E-state index is -0.537. The molecule has 4 rings (SSSR count). The van der Waals surface area contributed by atoms with Crippen LogP contribution in [-0.4, -0.2) is 16.9 Å². The zero-order valence-corrected chi connectivity index (χ0v) is 18.7. The van der Waals surface area contributed by atoms with Gasteiger partial charge in [0.15, 0.2) is 5.11 Å². The minimum Gasteiger partial charge on any atom is -0.489 e. The van der Waals surface area contributed by atoms with Crippen molar-refractivity contribution in [2.24, 2.45) is 0 Å². The van der Waals surface area contributed by atoms with Crippen molar-refractivity contribution in [2.45, 2.75) is 13.5 Å². The maximum Gasteiger partial charge on any atom is 0.270 e. The molecular formula is C25H19ClN2O3S. The van der Waals surface area contributed by atoms with Crippen molar-refractivity contribution < 1.29 is 14.3 Å². The van der Waals surface area contributed by atoms with E-state index in [2.05, 4.69) is 5.32 Å². The van der Waals surface area contributed by atoms with Gasteiger partial charge >= 0.3 is 0 Å². The van der Waals surface area contributed by atoms with Crippen LogP contribution in [0, 0.1) is 6.92 Å². The maximum atomic E-state index is 13.0. The Morgan fingerprint density at radius 3 is 2.38 bits per heavy atom. The molecule has 0 bridgehead atoms. The Kier molecular flexibility index (Phi) is 6.35. The lowest BCUT2D eigenvalue weighted by molar-refractivity contribution is -0.122. The maximum absolute atomic E-state index is 13.0. The Labute approximate surface area is 196 Å². The Morgan fingerprint density at radius 2 is 1.69 bits per heavy atom. The molecule has 3 aromatic rings. The molecule has 1 aliphatic rings. The monoisotopic (exact) mass is 462 g/mol. The average molecular weight is 463 g/mol. The normalized spacial score (nSPS) is 15.1. The fourth-order valence-electron chi connectivity index (χ4n) is 3.24. The van der Waals surface area contributed by atoms with Gasteiger partial charge in [0.25, 0.3) is 11.8 Å². The molecule has 3 aromatic carbocycles. The van der Waals surface area contributed by atoms with E-state index in [-0.39, 0.29) is 10.7 Å². The first kappa shape index (κ1) is 21.7. The van der Waals surface area contributed by atoms with Crippen LogP contribution in [0.4, 0.5) is 5.69 Å². The summed E-state index contributed by atoms with van der Waals surface area (Å²) < 4.78 is 5.86. The van der Waals surface area contributed by atoms with Gasteiger partial charge in [-0.1, -0.05) is 48.0 Å². The lowest BCUT2D eigenvalue weighted by Crippen LogP contribution is -2.54. The zero-order chi connectivity index (χ0) is 22.7. The van der Waals surface area contributed by atoms with Gasteiger partial charge in [-0.05, 0) is 78.3 Å². The number of ether oxygens (including phenoxy) is 1. The van der Waals surface area contributed by atoms with Crippen LogP contribution >= 0.6 is 23.8 Å². The Balaban J connectivity index is 1.52. The summed E-state index contributed by atoms with van der Waals surface area (Å²) in [7, 11) is 0. The van der Waals surface area contributed by atoms with Gasteiger partial charge in [-0.3, -0.25) is 19.8 Å². The van der Waals surface area contributed by atoms with Crippen LogP contribution in [0.1, 0.15) is 16.7 Å². The second kappa shape index (κ2) is 9.34. The van der Waals surface area contributed by atoms with E-state index in [0.717, 1.165) is 5.56 Å². The summed E-state index contributed by atoms with van der Waals surface area (Å²) >= 11 is 11.1. The highest BCUT2D eigenvalue weighted by atomic mass is 35.5. The summed E-state index contributed by atoms with van der Waals surface area (Å²) in [6.07, 6.45) is 1.54. The molecule has 0 spiro atoms. The molecule has 5 nitrogen and oxygen atoms in total. The SMILES string of the molecule is Cc1ccccc1COc1ccc(/C=C2/C(=O)NC(=S)N(c3ccc(Cl)cc3)C2=O)cc1. The van der Waals surface area contributed by atoms with E-state index in [1.54, 1.807) is 48.5 Å². The number of carbonyl (C=O) groups is 2. The number of hydrogen-bond acceptors (Lipinski definition) is 4. The lowest BCUT2D eigenvalue weighted by Gasteiger charge is -2.28. The Morgan fingerprint density at radius 1 is 1.00 bits per heavy atom. The summed E-state index contributed by atoms with van der Waals surface area (Å²) in [5, 5.41) is 3.13. The summed E-state index contributed by atoms with van der Waals surface area (Å²) in [5.41, 5.74) is 3.48. The first-order valence-electron chi connectivity index (χ1n) is 9.87. The quantitative estimate of drug-likeness (QED) is 0.327. The van der Waals surface area contributed by atoms with Crippen molar-refractivity contribution >= 4 is 52.5 Å². The second-order valence-corrected chi connectivity index (χ2v) is 8.04. The highest BCUT2D eigenvalue weighted by Crippen LogP contribution is 2.24. The molecule has 32 heavy (non-hydrogen) atoms. The third-order valence-corrected chi connectivity index (χ3v) is 5.57. The van der Waals surface area contributed by atoms with Gasteiger partial charge in [-0.2, -0.15) is 0 Å². The number of carbonyl (C=O) groups excluding carboxylic acids is 2. The van der Waals surface area contributed by atoms with E-state index in [0.29, 0.717) is 28.6 Å². The topological polar surface area (TPSA) is 58.6 Å². The van der Waals surface area contributed by atoms with Crippen LogP contribution in [0.3, 0.4) is 0 Å². The number of thiocarbonyl (C=S) groups is 1. The van der Waals surface area contributed by atoms with Crippen LogP contribution in [0.25, 0.3) is 6.08 Å². The van der Waals surface area contributed by atoms with Crippen LogP contribution in [-0.2, 0) is 16.2 Å². The number of benzene rings is 3. The third-order valence-electron chi connectivity index (χ3n) is 5.03. The van der Waals surface area contributed by atoms with E-state index in [9.17, 15) is 9.59 Å². The van der Waals surface area contributed by atoms with E-state index < -0.39 is 11.8 Å². The zero-order valence-electron chi connectivity index (χ0n) is 17.2. The Bertz CT molecular complexity index is 1220. The molecule has 0 atom stereocenters. The number of nitrogens with zero attached hydrogens (tertiary/aromatic N) is 1. The number of aryl methyl sites for hydroxylation is 1. The summed E-state index contributed by atoms with van der Waals surface area (Å²) in [6, 6.07) is 21.9. The van der Waals surface area contributed by atoms with Crippen molar-refractivity contribution in [1.82, 2.24) is 5.32 Å². The highest BCUT2D eigenvalue weighted by molar-refractivity contribution is 7.80. The molecule has 1 aliphatic heterocycles. The molecule has 0 saturated carbocycles. The van der Waals surface area contributed by atoms with E-state index >= 15 is 0 Å². The van der Waals surface area contributed by atoms with Crippen molar-refractivity contribution in [2.75, 3.05) is 4.90 Å². The van der Waals surface area contributed by atoms with E-state index in [1.807, 2.05) is 31.2 Å². The predicted octanol–water partition coefficient (Wildman–Crippen LogP) is 5.06. The number of anilines is 1. The molecule has 1 heterocycles. The summed E-state index contributed by atoms with van der Waals surface area (Å²) in [4.78, 5) is 26.8. The number of rotatable bonds is 5. The molecule has 1 N–H and O–H groups in total. The van der Waals surface area contributed by atoms with Gasteiger partial charge in [0.1, 0.15) is 17.9 Å². The minimum absolute atomic E-state index is 0.0119. The van der Waals surface area contributed by atoms with Crippen LogP contribution in [0.15, 0.2) is 78.4 Å². The third kappa shape index (κ3) is 4.72. The van der Waals surface area contributed by atoms with Gasteiger partial charge in [-0.15, -0.1) is 0 Å². The summed E-state index contributed by atoms with van der Waals surface area (Å²) in [6.45, 7) is 2.50. The van der Waals surface area contributed by atoms with Gasteiger partial charge < -0.3 is 4.74 Å². The first-order chi connectivity index (χ1) is 15.4. The molecular weight excluding hydrogens is 444 g/mol. The van der Waals surface area contributed by atoms with Gasteiger partial charge in [-0.25, -0.2) is 0 Å². The molecule has 1 fully saturated rings. The molecule has 0 aromatic heterocycles. The highest BCUT2D eigenvalue weighted by Gasteiger charge is 2.34. The number of halogens is 1. The van der Waals surface area contributed by atoms with Crippen molar-refractivity contribution in [3.8, 4) is 5.75 Å². The van der Waals surface area contributed by atoms with Crippen LogP contribution in [0.5, 0.6) is 5.75 Å². The second-order valence-electron chi connectivity index (χ2n) is 7.22.